The molecule has 0 aliphatic carbocycles. The van der Waals surface area contributed by atoms with Gasteiger partial charge in [0.1, 0.15) is 11.6 Å². The summed E-state index contributed by atoms with van der Waals surface area (Å²) in [6.45, 7) is 6.57. The number of aromatic hydroxyl groups is 1. The zero-order valence-corrected chi connectivity index (χ0v) is 20.8. The first-order chi connectivity index (χ1) is 17.4. The van der Waals surface area contributed by atoms with Crippen LogP contribution < -0.4 is 4.90 Å². The highest BCUT2D eigenvalue weighted by molar-refractivity contribution is 5.79. The fourth-order valence-electron chi connectivity index (χ4n) is 4.22. The first-order valence-electron chi connectivity index (χ1n) is 12.1. The van der Waals surface area contributed by atoms with Gasteiger partial charge in [-0.15, -0.1) is 0 Å². The van der Waals surface area contributed by atoms with Crippen LogP contribution in [0.1, 0.15) is 26.3 Å². The van der Waals surface area contributed by atoms with Gasteiger partial charge in [-0.05, 0) is 71.6 Å². The van der Waals surface area contributed by atoms with Crippen LogP contribution in [0.4, 0.5) is 17.2 Å². The molecule has 0 aliphatic heterocycles. The molecule has 0 saturated heterocycles. The van der Waals surface area contributed by atoms with E-state index in [1.165, 1.54) is 0 Å². The Morgan fingerprint density at radius 2 is 1.36 bits per heavy atom. The summed E-state index contributed by atoms with van der Waals surface area (Å²) >= 11 is 0. The molecule has 36 heavy (non-hydrogen) atoms. The van der Waals surface area contributed by atoms with Crippen LogP contribution in [0, 0.1) is 0 Å². The molecule has 4 heteroatoms. The number of hydrogen-bond donors (Lipinski definition) is 1. The third kappa shape index (κ3) is 4.84. The highest BCUT2D eigenvalue weighted by Gasteiger charge is 2.19. The van der Waals surface area contributed by atoms with Gasteiger partial charge in [0.25, 0.3) is 0 Å². The first-order valence-corrected chi connectivity index (χ1v) is 12.1. The van der Waals surface area contributed by atoms with Crippen molar-refractivity contribution in [1.82, 2.24) is 9.97 Å². The summed E-state index contributed by atoms with van der Waals surface area (Å²) in [4.78, 5) is 11.8. The van der Waals surface area contributed by atoms with Crippen molar-refractivity contribution in [2.45, 2.75) is 26.2 Å². The molecule has 0 aliphatic rings. The summed E-state index contributed by atoms with van der Waals surface area (Å²) in [6.07, 6.45) is 1.81. The average Bonchev–Trinajstić information content (AvgIpc) is 2.90. The molecule has 5 aromatic rings. The number of nitrogens with zero attached hydrogens (tertiary/aromatic N) is 3. The van der Waals surface area contributed by atoms with Crippen LogP contribution in [-0.4, -0.2) is 15.1 Å². The SMILES string of the molecule is CC(C)(C)c1cc(-c2cccc(N(c3ccccc3)c3ccccn3)c2)nc(-c2ccccc2O)c1. The minimum absolute atomic E-state index is 0.0848. The molecule has 0 unspecified atom stereocenters. The lowest BCUT2D eigenvalue weighted by molar-refractivity contribution is 0.477. The van der Waals surface area contributed by atoms with Gasteiger partial charge in [0.05, 0.1) is 11.4 Å². The standard InChI is InChI=1S/C32H29N3O/c1-32(2,3)24-21-28(34-29(22-24)27-16-7-8-17-30(27)36)23-12-11-15-26(20-23)35(25-13-5-4-6-14-25)31-18-9-10-19-33-31/h4-22,36H,1-3H3. The molecule has 1 N–H and O–H groups in total. The molecule has 2 aromatic heterocycles. The lowest BCUT2D eigenvalue weighted by Gasteiger charge is -2.25. The predicted molar refractivity (Wildman–Crippen MR) is 148 cm³/mol. The van der Waals surface area contributed by atoms with Gasteiger partial charge in [-0.2, -0.15) is 0 Å². The van der Waals surface area contributed by atoms with E-state index >= 15 is 0 Å². The fraction of sp³-hybridized carbons (Fsp3) is 0.125. The van der Waals surface area contributed by atoms with Crippen molar-refractivity contribution in [1.29, 1.82) is 0 Å². The van der Waals surface area contributed by atoms with Gasteiger partial charge in [-0.25, -0.2) is 9.97 Å². The zero-order chi connectivity index (χ0) is 25.1. The van der Waals surface area contributed by atoms with Crippen LogP contribution in [0.5, 0.6) is 5.75 Å². The van der Waals surface area contributed by atoms with Crippen molar-refractivity contribution in [2.24, 2.45) is 0 Å². The second kappa shape index (κ2) is 9.67. The molecule has 0 atom stereocenters. The molecule has 0 amide bonds. The molecule has 2 heterocycles. The van der Waals surface area contributed by atoms with Crippen molar-refractivity contribution in [3.05, 3.63) is 121 Å². The number of hydrogen-bond acceptors (Lipinski definition) is 4. The number of anilines is 3. The van der Waals surface area contributed by atoms with Crippen molar-refractivity contribution in [3.63, 3.8) is 0 Å². The molecule has 0 saturated carbocycles. The van der Waals surface area contributed by atoms with E-state index in [0.717, 1.165) is 45.3 Å². The van der Waals surface area contributed by atoms with Gasteiger partial charge in [-0.1, -0.05) is 69.3 Å². The Kier molecular flexibility index (Phi) is 6.26. The molecule has 0 radical (unpaired) electrons. The maximum absolute atomic E-state index is 10.5. The van der Waals surface area contributed by atoms with E-state index in [-0.39, 0.29) is 11.2 Å². The number of benzene rings is 3. The molecule has 0 fully saturated rings. The van der Waals surface area contributed by atoms with E-state index in [0.29, 0.717) is 0 Å². The van der Waals surface area contributed by atoms with E-state index in [4.69, 9.17) is 4.98 Å². The lowest BCUT2D eigenvalue weighted by atomic mass is 9.85. The van der Waals surface area contributed by atoms with Crippen LogP contribution in [0.25, 0.3) is 22.5 Å². The van der Waals surface area contributed by atoms with Crippen molar-refractivity contribution in [2.75, 3.05) is 4.90 Å². The molecule has 0 bridgehead atoms. The van der Waals surface area contributed by atoms with E-state index in [1.54, 1.807) is 6.07 Å². The Balaban J connectivity index is 1.66. The maximum Gasteiger partial charge on any atom is 0.137 e. The Labute approximate surface area is 212 Å². The van der Waals surface area contributed by atoms with E-state index in [9.17, 15) is 5.11 Å². The van der Waals surface area contributed by atoms with Crippen LogP contribution in [0.3, 0.4) is 0 Å². The van der Waals surface area contributed by atoms with E-state index in [2.05, 4.69) is 79.2 Å². The van der Waals surface area contributed by atoms with E-state index in [1.807, 2.05) is 60.8 Å². The number of phenols is 1. The number of para-hydroxylation sites is 2. The molecular weight excluding hydrogens is 442 g/mol. The van der Waals surface area contributed by atoms with Gasteiger partial charge in [0.2, 0.25) is 0 Å². The largest absolute Gasteiger partial charge is 0.507 e. The Bertz CT molecular complexity index is 1440. The Morgan fingerprint density at radius 3 is 2.08 bits per heavy atom. The average molecular weight is 472 g/mol. The minimum atomic E-state index is -0.0848. The number of pyridine rings is 2. The second-order valence-corrected chi connectivity index (χ2v) is 9.80. The lowest BCUT2D eigenvalue weighted by Crippen LogP contribution is -2.12. The third-order valence-corrected chi connectivity index (χ3v) is 6.16. The summed E-state index contributed by atoms with van der Waals surface area (Å²) in [5, 5.41) is 10.5. The summed E-state index contributed by atoms with van der Waals surface area (Å²) in [5.74, 6) is 1.06. The maximum atomic E-state index is 10.5. The van der Waals surface area contributed by atoms with Crippen LogP contribution in [0.2, 0.25) is 0 Å². The van der Waals surface area contributed by atoms with Crippen LogP contribution in [0.15, 0.2) is 115 Å². The summed E-state index contributed by atoms with van der Waals surface area (Å²) in [5.41, 5.74) is 6.41. The van der Waals surface area contributed by atoms with Gasteiger partial charge in [-0.3, -0.25) is 4.90 Å². The molecule has 5 rings (SSSR count). The van der Waals surface area contributed by atoms with Crippen LogP contribution >= 0.6 is 0 Å². The van der Waals surface area contributed by atoms with Gasteiger partial charge >= 0.3 is 0 Å². The third-order valence-electron chi connectivity index (χ3n) is 6.16. The van der Waals surface area contributed by atoms with Crippen molar-refractivity contribution in [3.8, 4) is 28.3 Å². The molecule has 178 valence electrons. The highest BCUT2D eigenvalue weighted by Crippen LogP contribution is 2.37. The number of aromatic nitrogens is 2. The zero-order valence-electron chi connectivity index (χ0n) is 20.8. The Morgan fingerprint density at radius 1 is 0.667 bits per heavy atom. The smallest absolute Gasteiger partial charge is 0.137 e. The Hall–Kier alpha value is -4.44. The predicted octanol–water partition coefficient (Wildman–Crippen LogP) is 8.28. The quantitative estimate of drug-likeness (QED) is 0.280. The van der Waals surface area contributed by atoms with Gasteiger partial charge < -0.3 is 5.11 Å². The highest BCUT2D eigenvalue weighted by atomic mass is 16.3. The van der Waals surface area contributed by atoms with Crippen molar-refractivity contribution >= 4 is 17.2 Å². The van der Waals surface area contributed by atoms with Gasteiger partial charge in [0, 0.05) is 28.7 Å². The van der Waals surface area contributed by atoms with E-state index < -0.39 is 0 Å². The molecule has 3 aromatic carbocycles. The van der Waals surface area contributed by atoms with Gasteiger partial charge in [0.15, 0.2) is 0 Å². The first kappa shape index (κ1) is 23.3. The van der Waals surface area contributed by atoms with Crippen molar-refractivity contribution < 1.29 is 5.11 Å². The molecule has 0 spiro atoms. The minimum Gasteiger partial charge on any atom is -0.507 e. The molecule has 4 nitrogen and oxygen atoms in total. The summed E-state index contributed by atoms with van der Waals surface area (Å²) in [7, 11) is 0. The topological polar surface area (TPSA) is 49.2 Å². The molecular formula is C32H29N3O. The summed E-state index contributed by atoms with van der Waals surface area (Å²) in [6, 6.07) is 36.1. The monoisotopic (exact) mass is 471 g/mol. The number of rotatable bonds is 5. The normalized spacial score (nSPS) is 11.3. The fourth-order valence-corrected chi connectivity index (χ4v) is 4.22. The second-order valence-electron chi connectivity index (χ2n) is 9.80. The van der Waals surface area contributed by atoms with Crippen LogP contribution in [-0.2, 0) is 5.41 Å². The summed E-state index contributed by atoms with van der Waals surface area (Å²) < 4.78 is 0. The number of phenolic OH excluding ortho intramolecular Hbond substituents is 1.